The third kappa shape index (κ3) is 4.29. The minimum atomic E-state index is -3.83. The Kier molecular flexibility index (Phi) is 5.66. The predicted molar refractivity (Wildman–Crippen MR) is 72.9 cm³/mol. The maximum atomic E-state index is 12.0. The predicted octanol–water partition coefficient (Wildman–Crippen LogP) is 0.989. The van der Waals surface area contributed by atoms with Crippen molar-refractivity contribution in [1.82, 2.24) is 4.72 Å². The minimum absolute atomic E-state index is 0.0367. The molecule has 0 atom stereocenters. The first-order valence-electron chi connectivity index (χ1n) is 5.37. The van der Waals surface area contributed by atoms with Crippen LogP contribution >= 0.6 is 15.9 Å². The molecule has 0 amide bonds. The van der Waals surface area contributed by atoms with E-state index >= 15 is 0 Å². The van der Waals surface area contributed by atoms with E-state index in [9.17, 15) is 18.0 Å². The number of hydrogen-bond donors (Lipinski definition) is 2. The maximum absolute atomic E-state index is 12.0. The van der Waals surface area contributed by atoms with Crippen molar-refractivity contribution in [2.24, 2.45) is 0 Å². The molecule has 0 fully saturated rings. The Labute approximate surface area is 124 Å². The number of carbonyl (C=O) groups is 2. The van der Waals surface area contributed by atoms with Gasteiger partial charge in [-0.3, -0.25) is 4.79 Å². The van der Waals surface area contributed by atoms with Crippen LogP contribution in [0.2, 0.25) is 0 Å². The molecule has 0 bridgehead atoms. The van der Waals surface area contributed by atoms with Crippen LogP contribution in [0.4, 0.5) is 0 Å². The average molecular weight is 366 g/mol. The van der Waals surface area contributed by atoms with Gasteiger partial charge in [0.2, 0.25) is 10.0 Å². The number of sulfonamides is 1. The fourth-order valence-corrected chi connectivity index (χ4v) is 3.43. The number of methoxy groups -OCH3 is 1. The van der Waals surface area contributed by atoms with E-state index in [1.165, 1.54) is 25.3 Å². The minimum Gasteiger partial charge on any atom is -0.478 e. The van der Waals surface area contributed by atoms with Gasteiger partial charge in [0.05, 0.1) is 24.0 Å². The van der Waals surface area contributed by atoms with Gasteiger partial charge in [-0.1, -0.05) is 0 Å². The number of carbonyl (C=O) groups excluding carboxylic acids is 1. The summed E-state index contributed by atoms with van der Waals surface area (Å²) in [5, 5.41) is 8.80. The summed E-state index contributed by atoms with van der Waals surface area (Å²) in [5.74, 6) is -1.69. The molecule has 0 aliphatic rings. The molecule has 0 aromatic heterocycles. The summed E-state index contributed by atoms with van der Waals surface area (Å²) in [4.78, 5) is 21.5. The summed E-state index contributed by atoms with van der Waals surface area (Å²) in [6, 6.07) is 3.55. The van der Waals surface area contributed by atoms with Gasteiger partial charge in [0.15, 0.2) is 0 Å². The van der Waals surface area contributed by atoms with Crippen molar-refractivity contribution >= 4 is 37.9 Å². The average Bonchev–Trinajstić information content (AvgIpc) is 2.37. The highest BCUT2D eigenvalue weighted by Crippen LogP contribution is 2.23. The van der Waals surface area contributed by atoms with Gasteiger partial charge < -0.3 is 9.84 Å². The van der Waals surface area contributed by atoms with Crippen LogP contribution in [0, 0.1) is 0 Å². The molecular weight excluding hydrogens is 354 g/mol. The molecular formula is C11H12BrNO6S. The molecule has 0 saturated carbocycles. The topological polar surface area (TPSA) is 110 Å². The molecule has 0 radical (unpaired) electrons. The fourth-order valence-electron chi connectivity index (χ4n) is 1.32. The number of aromatic carboxylic acids is 1. The van der Waals surface area contributed by atoms with Gasteiger partial charge in [0.25, 0.3) is 0 Å². The smallest absolute Gasteiger partial charge is 0.335 e. The van der Waals surface area contributed by atoms with Crippen molar-refractivity contribution in [2.75, 3.05) is 13.7 Å². The van der Waals surface area contributed by atoms with Crippen molar-refractivity contribution in [2.45, 2.75) is 11.3 Å². The van der Waals surface area contributed by atoms with Crippen LogP contribution in [0.25, 0.3) is 0 Å². The number of carboxylic acids is 1. The summed E-state index contributed by atoms with van der Waals surface area (Å²) in [6.45, 7) is -0.109. The first-order valence-corrected chi connectivity index (χ1v) is 7.65. The SMILES string of the molecule is COC(=O)CCNS(=O)(=O)c1ccc(C(=O)O)cc1Br. The lowest BCUT2D eigenvalue weighted by molar-refractivity contribution is -0.140. The number of benzene rings is 1. The van der Waals surface area contributed by atoms with E-state index in [1.807, 2.05) is 0 Å². The zero-order valence-electron chi connectivity index (χ0n) is 10.4. The van der Waals surface area contributed by atoms with Crippen LogP contribution < -0.4 is 4.72 Å². The number of esters is 1. The van der Waals surface area contributed by atoms with Gasteiger partial charge in [-0.05, 0) is 34.1 Å². The summed E-state index contributed by atoms with van der Waals surface area (Å²) in [5.41, 5.74) is -0.0367. The molecule has 9 heteroatoms. The number of halogens is 1. The number of hydrogen-bond acceptors (Lipinski definition) is 5. The van der Waals surface area contributed by atoms with Crippen molar-refractivity contribution < 1.29 is 27.9 Å². The number of rotatable bonds is 6. The quantitative estimate of drug-likeness (QED) is 0.727. The van der Waals surface area contributed by atoms with Crippen molar-refractivity contribution in [3.63, 3.8) is 0 Å². The Morgan fingerprint density at radius 1 is 1.40 bits per heavy atom. The lowest BCUT2D eigenvalue weighted by atomic mass is 10.2. The maximum Gasteiger partial charge on any atom is 0.335 e. The summed E-state index contributed by atoms with van der Waals surface area (Å²) in [6.07, 6.45) is -0.0967. The van der Waals surface area contributed by atoms with Gasteiger partial charge in [-0.25, -0.2) is 17.9 Å². The normalized spacial score (nSPS) is 11.1. The zero-order valence-corrected chi connectivity index (χ0v) is 12.8. The van der Waals surface area contributed by atoms with Gasteiger partial charge >= 0.3 is 11.9 Å². The lowest BCUT2D eigenvalue weighted by Gasteiger charge is -2.08. The van der Waals surface area contributed by atoms with Crippen molar-refractivity contribution in [3.8, 4) is 0 Å². The molecule has 0 aliphatic carbocycles. The van der Waals surface area contributed by atoms with E-state index in [4.69, 9.17) is 5.11 Å². The van der Waals surface area contributed by atoms with E-state index in [2.05, 4.69) is 25.4 Å². The van der Waals surface area contributed by atoms with E-state index < -0.39 is 22.0 Å². The second kappa shape index (κ2) is 6.82. The fraction of sp³-hybridized carbons (Fsp3) is 0.273. The van der Waals surface area contributed by atoms with E-state index in [0.717, 1.165) is 0 Å². The van der Waals surface area contributed by atoms with E-state index in [0.29, 0.717) is 0 Å². The van der Waals surface area contributed by atoms with Gasteiger partial charge in [-0.15, -0.1) is 0 Å². The van der Waals surface area contributed by atoms with Crippen LogP contribution in [0.3, 0.4) is 0 Å². The highest BCUT2D eigenvalue weighted by molar-refractivity contribution is 9.10. The number of ether oxygens (including phenoxy) is 1. The number of nitrogens with one attached hydrogen (secondary N) is 1. The molecule has 0 saturated heterocycles. The molecule has 0 spiro atoms. The van der Waals surface area contributed by atoms with Crippen molar-refractivity contribution in [3.05, 3.63) is 28.2 Å². The van der Waals surface area contributed by atoms with Crippen LogP contribution in [0.15, 0.2) is 27.6 Å². The monoisotopic (exact) mass is 365 g/mol. The molecule has 110 valence electrons. The van der Waals surface area contributed by atoms with Crippen LogP contribution in [0.5, 0.6) is 0 Å². The molecule has 0 heterocycles. The summed E-state index contributed by atoms with van der Waals surface area (Å²) in [7, 11) is -2.63. The molecule has 1 aromatic rings. The van der Waals surface area contributed by atoms with E-state index in [1.54, 1.807) is 0 Å². The summed E-state index contributed by atoms with van der Waals surface area (Å²) >= 11 is 3.01. The lowest BCUT2D eigenvalue weighted by Crippen LogP contribution is -2.27. The van der Waals surface area contributed by atoms with Crippen LogP contribution in [-0.4, -0.2) is 39.1 Å². The van der Waals surface area contributed by atoms with Crippen LogP contribution in [0.1, 0.15) is 16.8 Å². The largest absolute Gasteiger partial charge is 0.478 e. The second-order valence-corrected chi connectivity index (χ2v) is 6.26. The molecule has 7 nitrogen and oxygen atoms in total. The standard InChI is InChI=1S/C11H12BrNO6S/c1-19-10(14)4-5-13-20(17,18)9-3-2-7(11(15)16)6-8(9)12/h2-3,6,13H,4-5H2,1H3,(H,15,16). The molecule has 2 N–H and O–H groups in total. The van der Waals surface area contributed by atoms with Gasteiger partial charge in [0.1, 0.15) is 0 Å². The Bertz CT molecular complexity index is 628. The van der Waals surface area contributed by atoms with Crippen molar-refractivity contribution in [1.29, 1.82) is 0 Å². The van der Waals surface area contributed by atoms with E-state index in [-0.39, 0.29) is 27.9 Å². The molecule has 1 rings (SSSR count). The Morgan fingerprint density at radius 2 is 2.05 bits per heavy atom. The molecule has 0 unspecified atom stereocenters. The first kappa shape index (κ1) is 16.6. The zero-order chi connectivity index (χ0) is 15.3. The molecule has 0 aliphatic heterocycles. The number of carboxylic acid groups (broad SMARTS) is 1. The third-order valence-corrected chi connectivity index (χ3v) is 4.75. The van der Waals surface area contributed by atoms with Gasteiger partial charge in [0, 0.05) is 11.0 Å². The Morgan fingerprint density at radius 3 is 2.55 bits per heavy atom. The summed E-state index contributed by atoms with van der Waals surface area (Å²) < 4.78 is 30.7. The first-order chi connectivity index (χ1) is 9.27. The highest BCUT2D eigenvalue weighted by atomic mass is 79.9. The Hall–Kier alpha value is -1.45. The third-order valence-electron chi connectivity index (χ3n) is 2.32. The van der Waals surface area contributed by atoms with Gasteiger partial charge in [-0.2, -0.15) is 0 Å². The molecule has 1 aromatic carbocycles. The van der Waals surface area contributed by atoms with Crippen LogP contribution in [-0.2, 0) is 19.6 Å². The molecule has 20 heavy (non-hydrogen) atoms. The second-order valence-electron chi connectivity index (χ2n) is 3.67. The highest BCUT2D eigenvalue weighted by Gasteiger charge is 2.19. The Balaban J connectivity index is 2.87.